The van der Waals surface area contributed by atoms with E-state index >= 15 is 0 Å². The van der Waals surface area contributed by atoms with Crippen molar-refractivity contribution in [3.8, 4) is 0 Å². The molecule has 0 aromatic rings. The van der Waals surface area contributed by atoms with Gasteiger partial charge in [-0.15, -0.1) is 0 Å². The van der Waals surface area contributed by atoms with Gasteiger partial charge in [-0.05, 0) is 97.2 Å². The molecule has 4 saturated carbocycles. The number of ether oxygens (including phenoxy) is 6. The highest BCUT2D eigenvalue weighted by Crippen LogP contribution is 2.76. The van der Waals surface area contributed by atoms with Crippen LogP contribution in [-0.4, -0.2) is 204 Å². The van der Waals surface area contributed by atoms with E-state index in [0.717, 1.165) is 38.5 Å². The van der Waals surface area contributed by atoms with Crippen molar-refractivity contribution < 1.29 is 94.8 Å². The van der Waals surface area contributed by atoms with Crippen molar-refractivity contribution in [3.05, 3.63) is 11.6 Å². The van der Waals surface area contributed by atoms with E-state index in [9.17, 15) is 66.4 Å². The minimum atomic E-state index is -1.73. The summed E-state index contributed by atoms with van der Waals surface area (Å²) in [5, 5.41) is 140. The molecule has 0 amide bonds. The molecule has 0 aromatic carbocycles. The molecule has 7 fully saturated rings. The van der Waals surface area contributed by atoms with Gasteiger partial charge in [-0.2, -0.15) is 0 Å². The number of rotatable bonds is 11. The van der Waals surface area contributed by atoms with Crippen LogP contribution in [0.15, 0.2) is 11.6 Å². The van der Waals surface area contributed by atoms with Gasteiger partial charge in [0.15, 0.2) is 18.9 Å². The van der Waals surface area contributed by atoms with E-state index < -0.39 is 140 Å². The molecule has 0 unspecified atom stereocenters. The summed E-state index contributed by atoms with van der Waals surface area (Å²) in [4.78, 5) is 0. The highest BCUT2D eigenvalue weighted by molar-refractivity contribution is 5.35. The summed E-state index contributed by atoms with van der Waals surface area (Å²) in [5.74, 6) is 0.0160. The molecule has 19 nitrogen and oxygen atoms in total. The summed E-state index contributed by atoms with van der Waals surface area (Å²) < 4.78 is 35.5. The Balaban J connectivity index is 1.02. The van der Waals surface area contributed by atoms with Crippen LogP contribution in [0.5, 0.6) is 0 Å². The Morgan fingerprint density at radius 3 is 1.63 bits per heavy atom. The van der Waals surface area contributed by atoms with Crippen molar-refractivity contribution in [2.75, 3.05) is 33.0 Å². The van der Waals surface area contributed by atoms with Crippen LogP contribution in [0.1, 0.15) is 99.3 Å². The molecular formula is C48H80O19. The Kier molecular flexibility index (Phi) is 14.7. The Morgan fingerprint density at radius 2 is 1.06 bits per heavy atom. The molecule has 0 aromatic heterocycles. The molecule has 5 aliphatic carbocycles. The molecule has 0 radical (unpaired) electrons. The molecule has 0 spiro atoms. The minimum Gasteiger partial charge on any atom is -0.394 e. The van der Waals surface area contributed by atoms with Crippen molar-refractivity contribution in [1.82, 2.24) is 0 Å². The van der Waals surface area contributed by atoms with E-state index in [1.54, 1.807) is 0 Å². The first-order valence-corrected chi connectivity index (χ1v) is 24.6. The van der Waals surface area contributed by atoms with Crippen LogP contribution in [0.2, 0.25) is 0 Å². The largest absolute Gasteiger partial charge is 0.394 e. The molecule has 3 heterocycles. The lowest BCUT2D eigenvalue weighted by atomic mass is 9.33. The van der Waals surface area contributed by atoms with Gasteiger partial charge in [0.25, 0.3) is 0 Å². The van der Waals surface area contributed by atoms with Gasteiger partial charge < -0.3 is 94.8 Å². The number of fused-ring (bicyclic) bond motifs is 7. The van der Waals surface area contributed by atoms with Crippen molar-refractivity contribution in [2.45, 2.75) is 204 Å². The first-order chi connectivity index (χ1) is 31.3. The van der Waals surface area contributed by atoms with Crippen LogP contribution in [0.3, 0.4) is 0 Å². The lowest BCUT2D eigenvalue weighted by molar-refractivity contribution is -0.336. The van der Waals surface area contributed by atoms with Crippen LogP contribution in [-0.2, 0) is 28.4 Å². The second-order valence-corrected chi connectivity index (χ2v) is 23.6. The fourth-order valence-electron chi connectivity index (χ4n) is 15.0. The second-order valence-electron chi connectivity index (χ2n) is 23.6. The molecule has 3 saturated heterocycles. The SMILES string of the molecule is CC1(C)CC[C@]2(CO[C@H]3O[C@@H](CO[C@@H]4O[C@H](CO)[C@@H](O)[C@@H](O)[C@H]4O)[C@@H](O)[C@H](O)[C@H]3O)[C@H](C1)C1=CC[C@H]3[C@]4(C)CC[C@H](O)[C@@](C)(CO[C@H]5O[C@@H](CO)[C@@H](O)[C@H](O)[C@@H]5O)[C@H]4CC[C@@]3(C)[C@@]1(C)C[C@@H]2O. The summed E-state index contributed by atoms with van der Waals surface area (Å²) in [7, 11) is 0. The summed E-state index contributed by atoms with van der Waals surface area (Å²) in [6, 6.07) is 0. The molecule has 386 valence electrons. The molecule has 13 N–H and O–H groups in total. The molecular weight excluding hydrogens is 881 g/mol. The quantitative estimate of drug-likeness (QED) is 0.106. The van der Waals surface area contributed by atoms with Crippen LogP contribution in [0.25, 0.3) is 0 Å². The number of hydrogen-bond donors (Lipinski definition) is 13. The van der Waals surface area contributed by atoms with Crippen LogP contribution < -0.4 is 0 Å². The summed E-state index contributed by atoms with van der Waals surface area (Å²) in [6.07, 6.45) is -15.6. The van der Waals surface area contributed by atoms with Gasteiger partial charge in [-0.25, -0.2) is 0 Å². The highest BCUT2D eigenvalue weighted by Gasteiger charge is 2.71. The van der Waals surface area contributed by atoms with Gasteiger partial charge in [0, 0.05) is 10.8 Å². The third kappa shape index (κ3) is 8.42. The summed E-state index contributed by atoms with van der Waals surface area (Å²) in [6.45, 7) is 11.7. The van der Waals surface area contributed by atoms with Crippen molar-refractivity contribution in [3.63, 3.8) is 0 Å². The van der Waals surface area contributed by atoms with Gasteiger partial charge in [0.05, 0.1) is 45.2 Å². The molecule has 19 heteroatoms. The van der Waals surface area contributed by atoms with Crippen molar-refractivity contribution in [1.29, 1.82) is 0 Å². The Labute approximate surface area is 392 Å². The van der Waals surface area contributed by atoms with E-state index in [-0.39, 0.29) is 47.2 Å². The maximum absolute atomic E-state index is 12.8. The fraction of sp³-hybridized carbons (Fsp3) is 0.958. The smallest absolute Gasteiger partial charge is 0.186 e. The number of hydrogen-bond acceptors (Lipinski definition) is 19. The van der Waals surface area contributed by atoms with E-state index in [1.165, 1.54) is 5.57 Å². The maximum Gasteiger partial charge on any atom is 0.186 e. The van der Waals surface area contributed by atoms with Gasteiger partial charge in [-0.1, -0.05) is 53.2 Å². The second kappa shape index (κ2) is 18.8. The van der Waals surface area contributed by atoms with Gasteiger partial charge in [0.2, 0.25) is 0 Å². The van der Waals surface area contributed by atoms with Gasteiger partial charge in [0.1, 0.15) is 73.2 Å². The lowest BCUT2D eigenvalue weighted by Crippen LogP contribution is -2.68. The minimum absolute atomic E-state index is 0.0119. The van der Waals surface area contributed by atoms with E-state index in [2.05, 4.69) is 40.7 Å². The zero-order valence-corrected chi connectivity index (χ0v) is 39.8. The average molecular weight is 961 g/mol. The van der Waals surface area contributed by atoms with E-state index in [1.807, 2.05) is 6.92 Å². The maximum atomic E-state index is 12.8. The zero-order valence-electron chi connectivity index (χ0n) is 39.8. The predicted molar refractivity (Wildman–Crippen MR) is 233 cm³/mol. The Morgan fingerprint density at radius 1 is 0.537 bits per heavy atom. The molecule has 3 aliphatic heterocycles. The zero-order chi connectivity index (χ0) is 49.0. The van der Waals surface area contributed by atoms with E-state index in [4.69, 9.17) is 28.4 Å². The Hall–Kier alpha value is -1.02. The summed E-state index contributed by atoms with van der Waals surface area (Å²) >= 11 is 0. The normalized spacial score (nSPS) is 55.4. The lowest BCUT2D eigenvalue weighted by Gasteiger charge is -2.72. The van der Waals surface area contributed by atoms with Crippen LogP contribution in [0, 0.1) is 50.2 Å². The number of aliphatic hydroxyl groups is 13. The fourth-order valence-corrected chi connectivity index (χ4v) is 15.0. The third-order valence-electron chi connectivity index (χ3n) is 19.5. The van der Waals surface area contributed by atoms with Crippen LogP contribution >= 0.6 is 0 Å². The van der Waals surface area contributed by atoms with E-state index in [0.29, 0.717) is 19.3 Å². The third-order valence-corrected chi connectivity index (χ3v) is 19.5. The number of allylic oxidation sites excluding steroid dienone is 2. The first kappa shape index (κ1) is 52.3. The topological polar surface area (TPSA) is 318 Å². The predicted octanol–water partition coefficient (Wildman–Crippen LogP) is -1.44. The summed E-state index contributed by atoms with van der Waals surface area (Å²) in [5.41, 5.74) is -1.37. The molecule has 8 aliphatic rings. The molecule has 8 rings (SSSR count). The highest BCUT2D eigenvalue weighted by atomic mass is 16.7. The monoisotopic (exact) mass is 961 g/mol. The number of aliphatic hydroxyl groups excluding tert-OH is 13. The van der Waals surface area contributed by atoms with Gasteiger partial charge >= 0.3 is 0 Å². The average Bonchev–Trinajstić information content (AvgIpc) is 3.28. The Bertz CT molecular complexity index is 1770. The molecule has 0 bridgehead atoms. The first-order valence-electron chi connectivity index (χ1n) is 24.6. The molecule has 67 heavy (non-hydrogen) atoms. The molecule has 25 atom stereocenters. The van der Waals surface area contributed by atoms with Gasteiger partial charge in [-0.3, -0.25) is 0 Å². The standard InChI is InChI=1S/C48H80O19/c1-43(2)13-14-48(21-64-42-39(61)36(58)33(55)26(67-42)19-62-40-37(59)34(56)31(53)24(17-49)65-40)23(15-43)22-7-8-28-44(3)11-10-29(51)45(4,20-63-41-38(60)35(57)32(54)25(18-50)66-41)27(44)9-12-46(28,5)47(22,6)16-30(48)52/h7,23-42,49-61H,8-21H2,1-6H3/t23-,24-,25+,26+,27+,28+,29+,30+,31-,32-,33-,34-,35+,36+,37-,38+,39-,40-,41+,42+,44-,45+,46-,47+,48+/m1/s1. The van der Waals surface area contributed by atoms with Crippen molar-refractivity contribution in [2.24, 2.45) is 50.2 Å². The van der Waals surface area contributed by atoms with Crippen LogP contribution in [0.4, 0.5) is 0 Å². The van der Waals surface area contributed by atoms with Crippen molar-refractivity contribution >= 4 is 0 Å².